The number of rotatable bonds is 12. The zero-order valence-electron chi connectivity index (χ0n) is 33.5. The van der Waals surface area contributed by atoms with Crippen LogP contribution in [0.25, 0.3) is 0 Å². The molecule has 2 heterocycles. The lowest BCUT2D eigenvalue weighted by molar-refractivity contribution is -0.139. The predicted octanol–water partition coefficient (Wildman–Crippen LogP) is 8.99. The van der Waals surface area contributed by atoms with E-state index in [4.69, 9.17) is 13.9 Å². The van der Waals surface area contributed by atoms with Crippen molar-refractivity contribution in [2.75, 3.05) is 6.61 Å². The van der Waals surface area contributed by atoms with Crippen molar-refractivity contribution in [2.24, 2.45) is 5.92 Å². The Kier molecular flexibility index (Phi) is 12.8. The molecule has 3 aromatic rings. The minimum Gasteiger partial charge on any atom is -0.542 e. The molecule has 5 rings (SSSR count). The monoisotopic (exact) mass is 778 g/mol. The van der Waals surface area contributed by atoms with Gasteiger partial charge in [0.05, 0.1) is 30.7 Å². The number of imide groups is 1. The van der Waals surface area contributed by atoms with Crippen molar-refractivity contribution in [1.82, 2.24) is 9.80 Å². The number of cyclic esters (lactones) is 1. The van der Waals surface area contributed by atoms with Crippen molar-refractivity contribution in [1.29, 1.82) is 0 Å². The number of aliphatic hydroxyl groups is 1. The lowest BCUT2D eigenvalue weighted by Gasteiger charge is -2.45. The molecule has 2 aliphatic heterocycles. The van der Waals surface area contributed by atoms with Crippen molar-refractivity contribution in [3.05, 3.63) is 101 Å². The molecule has 12 heteroatoms. The fraction of sp³-hybridized carbons (Fsp3) is 0.512. The molecular formula is C43H56F2N2O7Si. The maximum atomic E-state index is 14.7. The molecule has 0 bridgehead atoms. The second-order valence-electron chi connectivity index (χ2n) is 16.9. The van der Waals surface area contributed by atoms with Crippen molar-refractivity contribution in [2.45, 2.75) is 129 Å². The average Bonchev–Trinajstić information content (AvgIpc) is 3.46. The van der Waals surface area contributed by atoms with Gasteiger partial charge in [-0.25, -0.2) is 23.3 Å². The Morgan fingerprint density at radius 1 is 0.909 bits per heavy atom. The van der Waals surface area contributed by atoms with Gasteiger partial charge < -0.3 is 19.0 Å². The second-order valence-corrected chi connectivity index (χ2v) is 22.3. The van der Waals surface area contributed by atoms with Crippen molar-refractivity contribution >= 4 is 26.4 Å². The maximum absolute atomic E-state index is 14.7. The minimum absolute atomic E-state index is 0.0127. The Morgan fingerprint density at radius 2 is 1.53 bits per heavy atom. The summed E-state index contributed by atoms with van der Waals surface area (Å²) in [6, 6.07) is 16.2. The van der Waals surface area contributed by atoms with Crippen LogP contribution >= 0.6 is 0 Å². The molecule has 0 spiro atoms. The SMILES string of the molecule is CC(C)[Si](Oc1cccc2c1CN(C(=O)OC(C)(C)C)C([C@@H](O)[C@H](Cc1cc(F)cc(F)c1)C(=O)N1C(=O)OC[C@@H]1Cc1ccccc1)C2)(C(C)C)C(C)C. The number of carbonyl (C=O) groups excluding carboxylic acids is 3. The van der Waals surface area contributed by atoms with Gasteiger partial charge >= 0.3 is 12.2 Å². The number of ether oxygens (including phenoxy) is 2. The van der Waals surface area contributed by atoms with Crippen LogP contribution in [0.2, 0.25) is 16.6 Å². The van der Waals surface area contributed by atoms with Crippen LogP contribution in [0.4, 0.5) is 18.4 Å². The van der Waals surface area contributed by atoms with Crippen LogP contribution < -0.4 is 4.43 Å². The molecule has 0 radical (unpaired) electrons. The number of nitrogens with zero attached hydrogens (tertiary/aromatic N) is 2. The second kappa shape index (κ2) is 16.8. The summed E-state index contributed by atoms with van der Waals surface area (Å²) in [6.45, 7) is 18.4. The van der Waals surface area contributed by atoms with Crippen LogP contribution in [0.5, 0.6) is 5.75 Å². The average molecular weight is 779 g/mol. The van der Waals surface area contributed by atoms with Crippen molar-refractivity contribution < 1.29 is 42.2 Å². The highest BCUT2D eigenvalue weighted by atomic mass is 28.4. The molecule has 1 saturated heterocycles. The summed E-state index contributed by atoms with van der Waals surface area (Å²) < 4.78 is 47.5. The van der Waals surface area contributed by atoms with Crippen LogP contribution in [-0.2, 0) is 40.1 Å². The summed E-state index contributed by atoms with van der Waals surface area (Å²) >= 11 is 0. The third-order valence-electron chi connectivity index (χ3n) is 11.0. The van der Waals surface area contributed by atoms with Crippen LogP contribution in [0.1, 0.15) is 84.6 Å². The number of hydrogen-bond donors (Lipinski definition) is 1. The topological polar surface area (TPSA) is 106 Å². The zero-order chi connectivity index (χ0) is 40.4. The van der Waals surface area contributed by atoms with E-state index in [0.717, 1.165) is 39.8 Å². The van der Waals surface area contributed by atoms with E-state index in [-0.39, 0.29) is 48.2 Å². The normalized spacial score (nSPS) is 18.7. The number of benzene rings is 3. The first kappa shape index (κ1) is 41.9. The van der Waals surface area contributed by atoms with Gasteiger partial charge in [0.15, 0.2) is 0 Å². The van der Waals surface area contributed by atoms with E-state index in [1.54, 1.807) is 20.8 Å². The van der Waals surface area contributed by atoms with E-state index in [0.29, 0.717) is 12.2 Å². The molecule has 3 amide bonds. The van der Waals surface area contributed by atoms with Crippen molar-refractivity contribution in [3.8, 4) is 5.75 Å². The first-order valence-corrected chi connectivity index (χ1v) is 21.4. The first-order chi connectivity index (χ1) is 25.8. The molecule has 4 atom stereocenters. The number of amides is 3. The largest absolute Gasteiger partial charge is 0.542 e. The highest BCUT2D eigenvalue weighted by Gasteiger charge is 2.50. The molecule has 1 unspecified atom stereocenters. The number of halogens is 2. The summed E-state index contributed by atoms with van der Waals surface area (Å²) in [5.41, 5.74) is 2.54. The smallest absolute Gasteiger partial charge is 0.416 e. The van der Waals surface area contributed by atoms with Crippen molar-refractivity contribution in [3.63, 3.8) is 0 Å². The van der Waals surface area contributed by atoms with E-state index in [9.17, 15) is 28.3 Å². The molecule has 298 valence electrons. The first-order valence-electron chi connectivity index (χ1n) is 19.3. The summed E-state index contributed by atoms with van der Waals surface area (Å²) in [4.78, 5) is 44.5. The molecule has 1 N–H and O–H groups in total. The third-order valence-corrected chi connectivity index (χ3v) is 17.0. The number of hydrogen-bond acceptors (Lipinski definition) is 7. The molecule has 0 aromatic heterocycles. The van der Waals surface area contributed by atoms with Crippen LogP contribution in [-0.4, -0.2) is 71.7 Å². The van der Waals surface area contributed by atoms with Crippen LogP contribution in [0.15, 0.2) is 66.7 Å². The number of aliphatic hydroxyl groups excluding tert-OH is 1. The van der Waals surface area contributed by atoms with Gasteiger partial charge in [-0.3, -0.25) is 9.69 Å². The predicted molar refractivity (Wildman–Crippen MR) is 209 cm³/mol. The molecule has 0 saturated carbocycles. The van der Waals surface area contributed by atoms with Gasteiger partial charge in [0.2, 0.25) is 5.91 Å². The van der Waals surface area contributed by atoms with Gasteiger partial charge in [-0.05, 0) is 91.5 Å². The zero-order valence-corrected chi connectivity index (χ0v) is 34.5. The van der Waals surface area contributed by atoms with Gasteiger partial charge in [0.1, 0.15) is 29.6 Å². The van der Waals surface area contributed by atoms with Gasteiger partial charge in [0.25, 0.3) is 8.32 Å². The van der Waals surface area contributed by atoms with E-state index < -0.39 is 67.8 Å². The Labute approximate surface area is 325 Å². The Bertz CT molecular complexity index is 1810. The van der Waals surface area contributed by atoms with Crippen LogP contribution in [0.3, 0.4) is 0 Å². The fourth-order valence-electron chi connectivity index (χ4n) is 8.62. The molecule has 0 aliphatic carbocycles. The molecule has 3 aromatic carbocycles. The minimum atomic E-state index is -2.44. The van der Waals surface area contributed by atoms with Crippen LogP contribution in [0, 0.1) is 17.6 Å². The van der Waals surface area contributed by atoms with Gasteiger partial charge in [-0.2, -0.15) is 0 Å². The highest BCUT2D eigenvalue weighted by molar-refractivity contribution is 6.78. The summed E-state index contributed by atoms with van der Waals surface area (Å²) in [6.07, 6.45) is -3.09. The van der Waals surface area contributed by atoms with E-state index >= 15 is 0 Å². The van der Waals surface area contributed by atoms with E-state index in [1.165, 1.54) is 4.90 Å². The molecule has 55 heavy (non-hydrogen) atoms. The Balaban J connectivity index is 1.59. The van der Waals surface area contributed by atoms with E-state index in [1.807, 2.05) is 48.5 Å². The van der Waals surface area contributed by atoms with Gasteiger partial charge in [-0.15, -0.1) is 0 Å². The lowest BCUT2D eigenvalue weighted by Crippen LogP contribution is -2.57. The Morgan fingerprint density at radius 3 is 2.11 bits per heavy atom. The third kappa shape index (κ3) is 9.23. The standard InChI is InChI=1S/C43H56F2N2O7Si/c1-26(2)55(27(3)4,28(5)6)54-38-17-13-16-31-22-37(46(24-36(31)38)41(50)53-43(7,8)9)39(48)35(21-30-18-32(44)23-33(45)19-30)40(49)47-34(25-52-42(47)51)20-29-14-11-10-12-15-29/h10-19,23,26-28,34-35,37,39,48H,20-22,24-25H2,1-9H3/t34-,35-,37?,39-/m0/s1. The maximum Gasteiger partial charge on any atom is 0.416 e. The molecular weight excluding hydrogens is 723 g/mol. The summed E-state index contributed by atoms with van der Waals surface area (Å²) in [7, 11) is -2.44. The molecule has 9 nitrogen and oxygen atoms in total. The summed E-state index contributed by atoms with van der Waals surface area (Å²) in [5.74, 6) is -3.21. The van der Waals surface area contributed by atoms with Gasteiger partial charge in [0, 0.05) is 11.6 Å². The Hall–Kier alpha value is -4.29. The highest BCUT2D eigenvalue weighted by Crippen LogP contribution is 2.45. The lowest BCUT2D eigenvalue weighted by atomic mass is 9.82. The van der Waals surface area contributed by atoms with Gasteiger partial charge in [-0.1, -0.05) is 84.0 Å². The molecule has 2 aliphatic rings. The number of carbonyl (C=O) groups is 3. The quantitative estimate of drug-likeness (QED) is 0.183. The van der Waals surface area contributed by atoms with E-state index in [2.05, 4.69) is 41.5 Å². The number of fused-ring (bicyclic) bond motifs is 1. The summed E-state index contributed by atoms with van der Waals surface area (Å²) in [5, 5.41) is 12.5. The molecule has 1 fully saturated rings. The fourth-order valence-corrected chi connectivity index (χ4v) is 13.9.